The van der Waals surface area contributed by atoms with Crippen LogP contribution < -0.4 is 0 Å². The van der Waals surface area contributed by atoms with Crippen LogP contribution in [0.5, 0.6) is 0 Å². The van der Waals surface area contributed by atoms with E-state index in [2.05, 4.69) is 21.3 Å². The van der Waals surface area contributed by atoms with Crippen LogP contribution in [0, 0.1) is 30.6 Å². The average Bonchev–Trinajstić information content (AvgIpc) is 2.29. The highest BCUT2D eigenvalue weighted by Gasteiger charge is 2.30. The summed E-state index contributed by atoms with van der Waals surface area (Å²) >= 11 is 0. The zero-order valence-corrected chi connectivity index (χ0v) is 9.39. The van der Waals surface area contributed by atoms with Crippen molar-refractivity contribution in [3.8, 4) is 24.7 Å². The lowest BCUT2D eigenvalue weighted by molar-refractivity contribution is -0.162. The molecule has 0 fully saturated rings. The van der Waals surface area contributed by atoms with Crippen molar-refractivity contribution in [2.75, 3.05) is 13.2 Å². The summed E-state index contributed by atoms with van der Waals surface area (Å²) in [5.41, 5.74) is 0. The van der Waals surface area contributed by atoms with Crippen molar-refractivity contribution in [3.63, 3.8) is 0 Å². The quantitative estimate of drug-likeness (QED) is 0.367. The Balaban J connectivity index is 4.58. The lowest BCUT2D eigenvalue weighted by atomic mass is 10.0. The summed E-state index contributed by atoms with van der Waals surface area (Å²) < 4.78 is 9.15. The summed E-state index contributed by atoms with van der Waals surface area (Å²) in [6.45, 7) is 0.710. The Bertz CT molecular complexity index is 353. The summed E-state index contributed by atoms with van der Waals surface area (Å²) in [6.07, 6.45) is 9.50. The molecule has 0 aromatic heterocycles. The minimum atomic E-state index is -1.31. The average molecular weight is 236 g/mol. The Labute approximate surface area is 99.5 Å². The van der Waals surface area contributed by atoms with Crippen LogP contribution in [0.1, 0.15) is 13.3 Å². The predicted molar refractivity (Wildman–Crippen MR) is 58.4 cm³/mol. The van der Waals surface area contributed by atoms with Gasteiger partial charge in [0.25, 0.3) is 0 Å². The maximum absolute atomic E-state index is 11.4. The maximum atomic E-state index is 11.4. The van der Waals surface area contributed by atoms with E-state index in [1.54, 1.807) is 0 Å². The number of hydrogen-bond donors (Lipinski definition) is 0. The van der Waals surface area contributed by atoms with Crippen LogP contribution in [0.15, 0.2) is 0 Å². The molecule has 17 heavy (non-hydrogen) atoms. The van der Waals surface area contributed by atoms with Gasteiger partial charge < -0.3 is 9.47 Å². The van der Waals surface area contributed by atoms with Gasteiger partial charge in [0.05, 0.1) is 0 Å². The zero-order chi connectivity index (χ0) is 13.3. The lowest BCUT2D eigenvalue weighted by Crippen LogP contribution is -2.30. The van der Waals surface area contributed by atoms with E-state index in [1.165, 1.54) is 6.92 Å². The Hall–Kier alpha value is -2.27. The van der Waals surface area contributed by atoms with Crippen molar-refractivity contribution in [3.05, 3.63) is 0 Å². The predicted octanol–water partition coefficient (Wildman–Crippen LogP) is -0.0655. The topological polar surface area (TPSA) is 69.7 Å². The number of hydrogen-bond acceptors (Lipinski definition) is 5. The van der Waals surface area contributed by atoms with Gasteiger partial charge in [-0.25, -0.2) is 0 Å². The number of carbonyl (C=O) groups is 3. The molecule has 5 heteroatoms. The molecule has 90 valence electrons. The Kier molecular flexibility index (Phi) is 6.89. The van der Waals surface area contributed by atoms with Gasteiger partial charge >= 0.3 is 11.9 Å². The number of ether oxygens (including phenoxy) is 2. The number of Topliss-reactive ketones (excluding diaryl/α,β-unsaturated/α-hetero) is 1. The fraction of sp³-hybridized carbons (Fsp3) is 0.417. The molecule has 0 aliphatic rings. The number of terminal acetylenes is 2. The first-order chi connectivity index (χ1) is 8.02. The van der Waals surface area contributed by atoms with E-state index in [4.69, 9.17) is 12.8 Å². The zero-order valence-electron chi connectivity index (χ0n) is 9.39. The van der Waals surface area contributed by atoms with Crippen LogP contribution in [-0.4, -0.2) is 30.9 Å². The molecule has 0 bridgehead atoms. The Morgan fingerprint density at radius 1 is 1.06 bits per heavy atom. The van der Waals surface area contributed by atoms with Gasteiger partial charge in [0.15, 0.2) is 19.1 Å². The van der Waals surface area contributed by atoms with Crippen molar-refractivity contribution in [2.45, 2.75) is 13.3 Å². The summed E-state index contributed by atoms with van der Waals surface area (Å²) in [6, 6.07) is 0. The van der Waals surface area contributed by atoms with Crippen LogP contribution in [0.3, 0.4) is 0 Å². The monoisotopic (exact) mass is 236 g/mol. The number of carbonyl (C=O) groups excluding carboxylic acids is 3. The third-order valence-electron chi connectivity index (χ3n) is 1.66. The molecule has 0 spiro atoms. The first-order valence-electron chi connectivity index (χ1n) is 4.72. The number of rotatable bonds is 6. The molecule has 0 saturated heterocycles. The second-order valence-electron chi connectivity index (χ2n) is 3.08. The van der Waals surface area contributed by atoms with Crippen molar-refractivity contribution in [1.29, 1.82) is 0 Å². The van der Waals surface area contributed by atoms with Gasteiger partial charge in [-0.1, -0.05) is 11.8 Å². The molecule has 0 heterocycles. The van der Waals surface area contributed by atoms with Crippen LogP contribution in [0.4, 0.5) is 0 Å². The first kappa shape index (κ1) is 14.7. The van der Waals surface area contributed by atoms with Gasteiger partial charge in [0.1, 0.15) is 5.78 Å². The van der Waals surface area contributed by atoms with Crippen LogP contribution in [0.2, 0.25) is 0 Å². The second kappa shape index (κ2) is 7.95. The van der Waals surface area contributed by atoms with Gasteiger partial charge in [-0.3, -0.25) is 14.4 Å². The first-order valence-corrected chi connectivity index (χ1v) is 4.72. The highest BCUT2D eigenvalue weighted by atomic mass is 16.6. The SMILES string of the molecule is C#CCOC(=O)C(CC(C)=O)C(=O)OCC#C. The molecule has 5 nitrogen and oxygen atoms in total. The van der Waals surface area contributed by atoms with E-state index in [1.807, 2.05) is 0 Å². The molecule has 0 aromatic rings. The Morgan fingerprint density at radius 2 is 1.47 bits per heavy atom. The van der Waals surface area contributed by atoms with E-state index in [0.717, 1.165) is 0 Å². The lowest BCUT2D eigenvalue weighted by Gasteiger charge is -2.11. The second-order valence-corrected chi connectivity index (χ2v) is 3.08. The van der Waals surface area contributed by atoms with Crippen LogP contribution >= 0.6 is 0 Å². The van der Waals surface area contributed by atoms with E-state index in [0.29, 0.717) is 0 Å². The molecule has 0 saturated carbocycles. The van der Waals surface area contributed by atoms with Gasteiger partial charge in [-0.05, 0) is 6.92 Å². The van der Waals surface area contributed by atoms with E-state index < -0.39 is 17.9 Å². The summed E-state index contributed by atoms with van der Waals surface area (Å²) in [4.78, 5) is 33.8. The molecule has 0 N–H and O–H groups in total. The van der Waals surface area contributed by atoms with Crippen molar-refractivity contribution >= 4 is 17.7 Å². The normalized spacial score (nSPS) is 8.94. The highest BCUT2D eigenvalue weighted by Crippen LogP contribution is 2.09. The minimum absolute atomic E-state index is 0.268. The third kappa shape index (κ3) is 6.01. The molecule has 0 aliphatic carbocycles. The summed E-state index contributed by atoms with van der Waals surface area (Å²) in [7, 11) is 0. The van der Waals surface area contributed by atoms with E-state index in [-0.39, 0.29) is 25.4 Å². The molecule has 0 rings (SSSR count). The fourth-order valence-electron chi connectivity index (χ4n) is 0.977. The Morgan fingerprint density at radius 3 is 1.76 bits per heavy atom. The van der Waals surface area contributed by atoms with Crippen molar-refractivity contribution < 1.29 is 23.9 Å². The number of ketones is 1. The summed E-state index contributed by atoms with van der Waals surface area (Å²) in [5, 5.41) is 0. The molecule has 0 aliphatic heterocycles. The molecule has 0 amide bonds. The smallest absolute Gasteiger partial charge is 0.321 e. The molecular formula is C12H12O5. The fourth-order valence-corrected chi connectivity index (χ4v) is 0.977. The molecular weight excluding hydrogens is 224 g/mol. The molecule has 0 unspecified atom stereocenters. The van der Waals surface area contributed by atoms with E-state index >= 15 is 0 Å². The highest BCUT2D eigenvalue weighted by molar-refractivity contribution is 5.98. The van der Waals surface area contributed by atoms with Gasteiger partial charge in [-0.15, -0.1) is 12.8 Å². The van der Waals surface area contributed by atoms with Gasteiger partial charge in [0.2, 0.25) is 0 Å². The standard InChI is InChI=1S/C12H12O5/c1-4-6-16-11(14)10(8-9(3)13)12(15)17-7-5-2/h1-2,10H,6-8H2,3H3. The van der Waals surface area contributed by atoms with Gasteiger partial charge in [0, 0.05) is 6.42 Å². The maximum Gasteiger partial charge on any atom is 0.321 e. The van der Waals surface area contributed by atoms with Crippen LogP contribution in [-0.2, 0) is 23.9 Å². The minimum Gasteiger partial charge on any atom is -0.452 e. The van der Waals surface area contributed by atoms with Crippen LogP contribution in [0.25, 0.3) is 0 Å². The molecule has 0 aromatic carbocycles. The van der Waals surface area contributed by atoms with Crippen molar-refractivity contribution in [1.82, 2.24) is 0 Å². The van der Waals surface area contributed by atoms with Gasteiger partial charge in [-0.2, -0.15) is 0 Å². The van der Waals surface area contributed by atoms with Crippen molar-refractivity contribution in [2.24, 2.45) is 5.92 Å². The third-order valence-corrected chi connectivity index (χ3v) is 1.66. The summed E-state index contributed by atoms with van der Waals surface area (Å²) in [5.74, 6) is 0.722. The van der Waals surface area contributed by atoms with E-state index in [9.17, 15) is 14.4 Å². The molecule has 0 radical (unpaired) electrons. The number of esters is 2. The largest absolute Gasteiger partial charge is 0.452 e. The molecule has 0 atom stereocenters.